The van der Waals surface area contributed by atoms with Crippen molar-refractivity contribution in [3.05, 3.63) is 134 Å². The molecule has 0 saturated carbocycles. The molecular weight excluding hydrogens is 492 g/mol. The number of para-hydroxylation sites is 1. The van der Waals surface area contributed by atoms with Gasteiger partial charge in [0.1, 0.15) is 5.52 Å². The second-order valence-corrected chi connectivity index (χ2v) is 9.77. The number of benzene rings is 4. The van der Waals surface area contributed by atoms with Crippen molar-refractivity contribution in [2.24, 2.45) is 0 Å². The van der Waals surface area contributed by atoms with Crippen molar-refractivity contribution >= 4 is 32.9 Å². The first kappa shape index (κ1) is 22.4. The van der Waals surface area contributed by atoms with Gasteiger partial charge in [-0.15, -0.1) is 0 Å². The molecule has 5 nitrogen and oxygen atoms in total. The van der Waals surface area contributed by atoms with Crippen LogP contribution in [0.3, 0.4) is 0 Å². The minimum Gasteiger partial charge on any atom is -0.436 e. The van der Waals surface area contributed by atoms with E-state index in [4.69, 9.17) is 9.40 Å². The minimum atomic E-state index is 0.592. The fourth-order valence-corrected chi connectivity index (χ4v) is 5.46. The maximum absolute atomic E-state index is 6.31. The van der Waals surface area contributed by atoms with Gasteiger partial charge in [-0.25, -0.2) is 4.98 Å². The number of hydrogen-bond donors (Lipinski definition) is 0. The van der Waals surface area contributed by atoms with Crippen molar-refractivity contribution in [2.75, 3.05) is 0 Å². The van der Waals surface area contributed by atoms with Crippen LogP contribution in [0.2, 0.25) is 0 Å². The molecule has 0 N–H and O–H groups in total. The topological polar surface area (TPSA) is 56.7 Å². The lowest BCUT2D eigenvalue weighted by atomic mass is 10.1. The molecule has 5 heteroatoms. The average Bonchev–Trinajstić information content (AvgIpc) is 3.60. The molecular formula is C35H22N4O. The highest BCUT2D eigenvalue weighted by Gasteiger charge is 2.16. The molecule has 0 spiro atoms. The van der Waals surface area contributed by atoms with Gasteiger partial charge >= 0.3 is 0 Å². The van der Waals surface area contributed by atoms with Gasteiger partial charge in [-0.2, -0.15) is 0 Å². The van der Waals surface area contributed by atoms with Gasteiger partial charge in [0, 0.05) is 45.5 Å². The molecule has 8 rings (SSSR count). The standard InChI is InChI=1S/C35H22N4O/c1-2-13-32-27(10-1)28-16-14-25(35-38-31-17-15-24(22-34(31)40-35)30-12-4-6-19-37-30)21-33(28)39(32)26-9-7-8-23(20-26)29-11-3-5-18-36-29/h1-22H. The molecule has 0 unspecified atom stereocenters. The predicted molar refractivity (Wildman–Crippen MR) is 160 cm³/mol. The normalized spacial score (nSPS) is 11.5. The van der Waals surface area contributed by atoms with Gasteiger partial charge in [0.15, 0.2) is 5.58 Å². The highest BCUT2D eigenvalue weighted by molar-refractivity contribution is 6.10. The van der Waals surface area contributed by atoms with Crippen LogP contribution in [0.4, 0.5) is 0 Å². The van der Waals surface area contributed by atoms with E-state index >= 15 is 0 Å². The molecule has 0 aliphatic carbocycles. The Labute approximate surface area is 230 Å². The molecule has 0 aliphatic rings. The van der Waals surface area contributed by atoms with E-state index in [1.807, 2.05) is 60.8 Å². The number of nitrogens with zero attached hydrogens (tertiary/aromatic N) is 4. The largest absolute Gasteiger partial charge is 0.436 e. The molecule has 0 saturated heterocycles. The number of fused-ring (bicyclic) bond motifs is 4. The van der Waals surface area contributed by atoms with E-state index in [9.17, 15) is 0 Å². The maximum atomic E-state index is 6.31. The second-order valence-electron chi connectivity index (χ2n) is 9.77. The molecule has 4 heterocycles. The molecule has 0 atom stereocenters. The van der Waals surface area contributed by atoms with Gasteiger partial charge < -0.3 is 8.98 Å². The molecule has 4 aromatic heterocycles. The first-order valence-electron chi connectivity index (χ1n) is 13.2. The smallest absolute Gasteiger partial charge is 0.227 e. The zero-order valence-electron chi connectivity index (χ0n) is 21.4. The van der Waals surface area contributed by atoms with E-state index in [0.29, 0.717) is 5.89 Å². The minimum absolute atomic E-state index is 0.592. The first-order valence-corrected chi connectivity index (χ1v) is 13.2. The molecule has 40 heavy (non-hydrogen) atoms. The van der Waals surface area contributed by atoms with Crippen LogP contribution in [0.1, 0.15) is 0 Å². The molecule has 0 bridgehead atoms. The van der Waals surface area contributed by atoms with Crippen LogP contribution in [0, 0.1) is 0 Å². The summed E-state index contributed by atoms with van der Waals surface area (Å²) in [5.41, 5.74) is 9.71. The van der Waals surface area contributed by atoms with E-state index in [0.717, 1.165) is 55.9 Å². The van der Waals surface area contributed by atoms with E-state index in [-0.39, 0.29) is 0 Å². The molecule has 0 radical (unpaired) electrons. The van der Waals surface area contributed by atoms with Gasteiger partial charge in [-0.05, 0) is 66.7 Å². The maximum Gasteiger partial charge on any atom is 0.227 e. The van der Waals surface area contributed by atoms with Crippen LogP contribution in [-0.2, 0) is 0 Å². The van der Waals surface area contributed by atoms with Crippen molar-refractivity contribution in [3.63, 3.8) is 0 Å². The summed E-state index contributed by atoms with van der Waals surface area (Å²) in [6.07, 6.45) is 3.63. The van der Waals surface area contributed by atoms with Crippen LogP contribution in [0.15, 0.2) is 138 Å². The monoisotopic (exact) mass is 514 g/mol. The lowest BCUT2D eigenvalue weighted by molar-refractivity contribution is 0.620. The third-order valence-corrected chi connectivity index (χ3v) is 7.33. The Morgan fingerprint density at radius 3 is 2.05 bits per heavy atom. The molecule has 0 amide bonds. The number of aromatic nitrogens is 4. The third-order valence-electron chi connectivity index (χ3n) is 7.33. The van der Waals surface area contributed by atoms with Crippen molar-refractivity contribution in [1.29, 1.82) is 0 Å². The fourth-order valence-electron chi connectivity index (χ4n) is 5.46. The van der Waals surface area contributed by atoms with Crippen molar-refractivity contribution in [2.45, 2.75) is 0 Å². The fraction of sp³-hybridized carbons (Fsp3) is 0. The lowest BCUT2D eigenvalue weighted by Gasteiger charge is -2.10. The summed E-state index contributed by atoms with van der Waals surface area (Å²) in [7, 11) is 0. The van der Waals surface area contributed by atoms with Crippen LogP contribution >= 0.6 is 0 Å². The Morgan fingerprint density at radius 1 is 0.525 bits per heavy atom. The van der Waals surface area contributed by atoms with Crippen molar-refractivity contribution in [3.8, 4) is 39.7 Å². The lowest BCUT2D eigenvalue weighted by Crippen LogP contribution is -1.95. The van der Waals surface area contributed by atoms with Crippen LogP contribution < -0.4 is 0 Å². The van der Waals surface area contributed by atoms with E-state index < -0.39 is 0 Å². The van der Waals surface area contributed by atoms with Crippen LogP contribution in [0.5, 0.6) is 0 Å². The summed E-state index contributed by atoms with van der Waals surface area (Å²) in [4.78, 5) is 13.9. The van der Waals surface area contributed by atoms with Crippen LogP contribution in [0.25, 0.3) is 72.6 Å². The Morgan fingerprint density at radius 2 is 1.25 bits per heavy atom. The summed E-state index contributed by atoms with van der Waals surface area (Å²) in [6.45, 7) is 0. The molecule has 0 aliphatic heterocycles. The summed E-state index contributed by atoms with van der Waals surface area (Å²) in [5.74, 6) is 0.592. The van der Waals surface area contributed by atoms with Gasteiger partial charge in [-0.1, -0.05) is 54.6 Å². The molecule has 0 fully saturated rings. The Bertz CT molecular complexity index is 2160. The zero-order chi connectivity index (χ0) is 26.5. The van der Waals surface area contributed by atoms with E-state index in [1.54, 1.807) is 6.20 Å². The molecule has 188 valence electrons. The second kappa shape index (κ2) is 9.03. The molecule has 8 aromatic rings. The number of oxazole rings is 1. The van der Waals surface area contributed by atoms with Crippen LogP contribution in [-0.4, -0.2) is 19.5 Å². The first-order chi connectivity index (χ1) is 19.8. The zero-order valence-corrected chi connectivity index (χ0v) is 21.4. The number of hydrogen-bond acceptors (Lipinski definition) is 4. The van der Waals surface area contributed by atoms with Gasteiger partial charge in [0.25, 0.3) is 0 Å². The highest BCUT2D eigenvalue weighted by Crippen LogP contribution is 2.36. The molecule has 4 aromatic carbocycles. The number of pyridine rings is 2. The van der Waals surface area contributed by atoms with E-state index in [1.165, 1.54) is 10.8 Å². The van der Waals surface area contributed by atoms with Crippen molar-refractivity contribution in [1.82, 2.24) is 19.5 Å². The van der Waals surface area contributed by atoms with Gasteiger partial charge in [-0.3, -0.25) is 9.97 Å². The summed E-state index contributed by atoms with van der Waals surface area (Å²) >= 11 is 0. The summed E-state index contributed by atoms with van der Waals surface area (Å²) in [6, 6.07) is 41.4. The number of rotatable bonds is 4. The van der Waals surface area contributed by atoms with Gasteiger partial charge in [0.05, 0.1) is 22.4 Å². The Hall–Kier alpha value is -5.55. The third kappa shape index (κ3) is 3.68. The van der Waals surface area contributed by atoms with E-state index in [2.05, 4.69) is 81.3 Å². The highest BCUT2D eigenvalue weighted by atomic mass is 16.3. The summed E-state index contributed by atoms with van der Waals surface area (Å²) in [5, 5.41) is 2.38. The Balaban J connectivity index is 1.29. The predicted octanol–water partition coefficient (Wildman–Crippen LogP) is 8.72. The quantitative estimate of drug-likeness (QED) is 0.236. The SMILES string of the molecule is c1ccc(-c2cccc(-n3c4ccccc4c4ccc(-c5nc6ccc(-c7ccccn7)cc6o5)cc43)c2)nc1. The average molecular weight is 515 g/mol. The summed E-state index contributed by atoms with van der Waals surface area (Å²) < 4.78 is 8.61. The van der Waals surface area contributed by atoms with Crippen molar-refractivity contribution < 1.29 is 4.42 Å². The van der Waals surface area contributed by atoms with Gasteiger partial charge in [0.2, 0.25) is 5.89 Å². The Kier molecular flexibility index (Phi) is 5.07.